The number of nitrogens with one attached hydrogen (secondary N) is 2. The van der Waals surface area contributed by atoms with E-state index in [1.165, 1.54) is 44.9 Å². The average Bonchev–Trinajstić information content (AvgIpc) is 2.56. The van der Waals surface area contributed by atoms with Crippen molar-refractivity contribution in [2.45, 2.75) is 63.8 Å². The molecule has 0 saturated heterocycles. The van der Waals surface area contributed by atoms with Gasteiger partial charge in [0.2, 0.25) is 0 Å². The summed E-state index contributed by atoms with van der Waals surface area (Å²) >= 11 is 0. The smallest absolute Gasteiger partial charge is 0.191 e. The van der Waals surface area contributed by atoms with Crippen LogP contribution < -0.4 is 10.6 Å². The van der Waals surface area contributed by atoms with Crippen LogP contribution in [0.1, 0.15) is 58.3 Å². The summed E-state index contributed by atoms with van der Waals surface area (Å²) in [5.41, 5.74) is 0.658. The third kappa shape index (κ3) is 5.33. The molecule has 0 spiro atoms. The Morgan fingerprint density at radius 3 is 2.40 bits per heavy atom. The molecule has 2 aliphatic carbocycles. The minimum atomic E-state index is 0.249. The lowest BCUT2D eigenvalue weighted by Gasteiger charge is -2.46. The molecular formula is C20H40N4O. The van der Waals surface area contributed by atoms with Gasteiger partial charge in [0, 0.05) is 39.4 Å². The quantitative estimate of drug-likeness (QED) is 0.521. The van der Waals surface area contributed by atoms with E-state index in [4.69, 9.17) is 4.74 Å². The zero-order chi connectivity index (χ0) is 18.3. The van der Waals surface area contributed by atoms with Crippen LogP contribution in [-0.4, -0.2) is 64.3 Å². The van der Waals surface area contributed by atoms with Gasteiger partial charge in [0.25, 0.3) is 0 Å². The predicted octanol–water partition coefficient (Wildman–Crippen LogP) is 2.87. The summed E-state index contributed by atoms with van der Waals surface area (Å²) in [6.07, 6.45) is 10.3. The highest BCUT2D eigenvalue weighted by Gasteiger charge is 2.38. The number of ether oxygens (including phenoxy) is 1. The van der Waals surface area contributed by atoms with Gasteiger partial charge in [0.05, 0.1) is 0 Å². The molecule has 2 fully saturated rings. The highest BCUT2D eigenvalue weighted by molar-refractivity contribution is 5.79. The van der Waals surface area contributed by atoms with Crippen molar-refractivity contribution in [2.75, 3.05) is 47.9 Å². The Labute approximate surface area is 155 Å². The molecule has 0 aromatic rings. The van der Waals surface area contributed by atoms with Gasteiger partial charge in [-0.25, -0.2) is 0 Å². The molecule has 2 saturated carbocycles. The van der Waals surface area contributed by atoms with Crippen LogP contribution in [0.25, 0.3) is 0 Å². The normalized spacial score (nSPS) is 29.4. The molecular weight excluding hydrogens is 312 g/mol. The molecule has 0 radical (unpaired) electrons. The van der Waals surface area contributed by atoms with E-state index in [0.29, 0.717) is 5.41 Å². The van der Waals surface area contributed by atoms with Crippen LogP contribution in [0.2, 0.25) is 0 Å². The fraction of sp³-hybridized carbons (Fsp3) is 0.950. The first kappa shape index (κ1) is 20.5. The number of hydrogen-bond donors (Lipinski definition) is 2. The summed E-state index contributed by atoms with van der Waals surface area (Å²) in [5, 5.41) is 7.22. The fourth-order valence-corrected chi connectivity index (χ4v) is 4.61. The predicted molar refractivity (Wildman–Crippen MR) is 106 cm³/mol. The zero-order valence-corrected chi connectivity index (χ0v) is 17.2. The lowest BCUT2D eigenvalue weighted by molar-refractivity contribution is 0.0719. The Morgan fingerprint density at radius 2 is 1.88 bits per heavy atom. The van der Waals surface area contributed by atoms with Crippen molar-refractivity contribution in [2.24, 2.45) is 16.3 Å². The number of methoxy groups -OCH3 is 1. The van der Waals surface area contributed by atoms with E-state index in [2.05, 4.69) is 41.5 Å². The second-order valence-corrected chi connectivity index (χ2v) is 8.70. The van der Waals surface area contributed by atoms with Gasteiger partial charge in [-0.05, 0) is 57.5 Å². The van der Waals surface area contributed by atoms with Gasteiger partial charge in [-0.3, -0.25) is 4.99 Å². The largest absolute Gasteiger partial charge is 0.385 e. The molecule has 2 N–H and O–H groups in total. The lowest BCUT2D eigenvalue weighted by atomic mass is 9.67. The van der Waals surface area contributed by atoms with Crippen molar-refractivity contribution in [3.8, 4) is 0 Å². The lowest BCUT2D eigenvalue weighted by Crippen LogP contribution is -2.57. The van der Waals surface area contributed by atoms with Gasteiger partial charge in [-0.15, -0.1) is 0 Å². The van der Waals surface area contributed by atoms with E-state index in [9.17, 15) is 0 Å². The molecule has 5 heteroatoms. The molecule has 0 aliphatic heterocycles. The summed E-state index contributed by atoms with van der Waals surface area (Å²) in [5.74, 6) is 1.75. The fourth-order valence-electron chi connectivity index (χ4n) is 4.61. The highest BCUT2D eigenvalue weighted by Crippen LogP contribution is 2.43. The molecule has 0 bridgehead atoms. The summed E-state index contributed by atoms with van der Waals surface area (Å²) in [6.45, 7) is 5.21. The zero-order valence-electron chi connectivity index (χ0n) is 17.2. The highest BCUT2D eigenvalue weighted by atomic mass is 16.5. The topological polar surface area (TPSA) is 48.9 Å². The van der Waals surface area contributed by atoms with Crippen LogP contribution in [0.15, 0.2) is 4.99 Å². The van der Waals surface area contributed by atoms with E-state index in [1.54, 1.807) is 7.11 Å². The Balaban J connectivity index is 1.86. The molecule has 146 valence electrons. The van der Waals surface area contributed by atoms with Crippen LogP contribution in [0, 0.1) is 11.3 Å². The summed E-state index contributed by atoms with van der Waals surface area (Å²) in [7, 11) is 8.13. The monoisotopic (exact) mass is 352 g/mol. The van der Waals surface area contributed by atoms with E-state index in [1.807, 2.05) is 7.05 Å². The second kappa shape index (κ2) is 9.22. The van der Waals surface area contributed by atoms with Gasteiger partial charge in [-0.1, -0.05) is 26.2 Å². The molecule has 0 heterocycles. The van der Waals surface area contributed by atoms with E-state index >= 15 is 0 Å². The van der Waals surface area contributed by atoms with E-state index < -0.39 is 0 Å². The first-order valence-corrected chi connectivity index (χ1v) is 10.1. The van der Waals surface area contributed by atoms with Crippen molar-refractivity contribution in [3.05, 3.63) is 0 Å². The molecule has 0 aromatic carbocycles. The molecule has 25 heavy (non-hydrogen) atoms. The van der Waals surface area contributed by atoms with Gasteiger partial charge in [-0.2, -0.15) is 0 Å². The Morgan fingerprint density at radius 1 is 1.16 bits per heavy atom. The number of nitrogens with zero attached hydrogens (tertiary/aromatic N) is 2. The van der Waals surface area contributed by atoms with E-state index in [0.717, 1.165) is 38.0 Å². The van der Waals surface area contributed by atoms with Crippen molar-refractivity contribution >= 4 is 5.96 Å². The minimum Gasteiger partial charge on any atom is -0.385 e. The molecule has 0 amide bonds. The van der Waals surface area contributed by atoms with Gasteiger partial charge < -0.3 is 20.3 Å². The van der Waals surface area contributed by atoms with Crippen molar-refractivity contribution in [3.63, 3.8) is 0 Å². The number of guanidine groups is 1. The van der Waals surface area contributed by atoms with Crippen LogP contribution in [0.5, 0.6) is 0 Å². The van der Waals surface area contributed by atoms with Gasteiger partial charge >= 0.3 is 0 Å². The number of aliphatic imine (C=N–C) groups is 1. The maximum atomic E-state index is 5.30. The summed E-state index contributed by atoms with van der Waals surface area (Å²) in [4.78, 5) is 6.89. The van der Waals surface area contributed by atoms with Crippen molar-refractivity contribution < 1.29 is 4.74 Å². The number of rotatable bonds is 8. The Hall–Kier alpha value is -0.810. The molecule has 2 rings (SSSR count). The first-order chi connectivity index (χ1) is 12.0. The Bertz CT molecular complexity index is 433. The van der Waals surface area contributed by atoms with Crippen LogP contribution in [0.4, 0.5) is 0 Å². The second-order valence-electron chi connectivity index (χ2n) is 8.70. The molecule has 5 nitrogen and oxygen atoms in total. The van der Waals surface area contributed by atoms with Crippen LogP contribution in [0.3, 0.4) is 0 Å². The van der Waals surface area contributed by atoms with Crippen molar-refractivity contribution in [1.29, 1.82) is 0 Å². The van der Waals surface area contributed by atoms with E-state index in [-0.39, 0.29) is 5.54 Å². The molecule has 2 aliphatic rings. The number of likely N-dealkylation sites (N-methyl/N-ethyl adjacent to an activating group) is 1. The summed E-state index contributed by atoms with van der Waals surface area (Å²) in [6, 6.07) is 0. The average molecular weight is 353 g/mol. The van der Waals surface area contributed by atoms with Crippen molar-refractivity contribution in [1.82, 2.24) is 15.5 Å². The van der Waals surface area contributed by atoms with Crippen LogP contribution in [-0.2, 0) is 4.74 Å². The molecule has 0 aromatic heterocycles. The van der Waals surface area contributed by atoms with Gasteiger partial charge in [0.15, 0.2) is 5.96 Å². The first-order valence-electron chi connectivity index (χ1n) is 10.1. The summed E-state index contributed by atoms with van der Waals surface area (Å²) < 4.78 is 5.30. The molecule has 2 atom stereocenters. The number of hydrogen-bond acceptors (Lipinski definition) is 3. The van der Waals surface area contributed by atoms with Gasteiger partial charge in [0.1, 0.15) is 0 Å². The molecule has 2 unspecified atom stereocenters. The van der Waals surface area contributed by atoms with Crippen LogP contribution >= 0.6 is 0 Å². The minimum absolute atomic E-state index is 0.249. The third-order valence-corrected chi connectivity index (χ3v) is 6.71. The SMILES string of the molecule is CN=C(NCC1(CCOC)CCC1)NCC1(N(C)C)CCCC(C)C1. The Kier molecular flexibility index (Phi) is 7.56. The third-order valence-electron chi connectivity index (χ3n) is 6.71. The maximum Gasteiger partial charge on any atom is 0.191 e. The standard InChI is InChI=1S/C20H40N4O/c1-17-8-6-11-20(14-17,24(3)4)16-23-18(21-2)22-15-19(9-7-10-19)12-13-25-5/h17H,6-16H2,1-5H3,(H2,21,22,23). The maximum absolute atomic E-state index is 5.30.